The number of carbonyl (C=O) groups is 2. The Labute approximate surface area is 136 Å². The summed E-state index contributed by atoms with van der Waals surface area (Å²) in [4.78, 5) is 23.9. The second-order valence-corrected chi connectivity index (χ2v) is 6.69. The zero-order valence-corrected chi connectivity index (χ0v) is 14.5. The van der Waals surface area contributed by atoms with Gasteiger partial charge in [-0.25, -0.2) is 9.59 Å². The van der Waals surface area contributed by atoms with Gasteiger partial charge in [-0.2, -0.15) is 0 Å². The van der Waals surface area contributed by atoms with Gasteiger partial charge in [0.1, 0.15) is 0 Å². The lowest BCUT2D eigenvalue weighted by atomic mass is 9.71. The second kappa shape index (κ2) is 6.13. The van der Waals surface area contributed by atoms with E-state index >= 15 is 0 Å². The van der Waals surface area contributed by atoms with Crippen molar-refractivity contribution in [3.05, 3.63) is 22.7 Å². The molecule has 0 aromatic carbocycles. The number of ether oxygens (including phenoxy) is 2. The van der Waals surface area contributed by atoms with Crippen molar-refractivity contribution in [1.29, 1.82) is 0 Å². The van der Waals surface area contributed by atoms with E-state index in [0.29, 0.717) is 11.1 Å². The van der Waals surface area contributed by atoms with Gasteiger partial charge in [-0.3, -0.25) is 0 Å². The number of rotatable bonds is 3. The Morgan fingerprint density at radius 1 is 1.00 bits per heavy atom. The van der Waals surface area contributed by atoms with Crippen molar-refractivity contribution in [3.8, 4) is 0 Å². The van der Waals surface area contributed by atoms with Crippen LogP contribution in [0.25, 0.3) is 0 Å². The highest BCUT2D eigenvalue weighted by Crippen LogP contribution is 2.41. The van der Waals surface area contributed by atoms with Crippen LogP contribution in [-0.2, 0) is 28.4 Å². The van der Waals surface area contributed by atoms with Gasteiger partial charge in [0.05, 0.1) is 36.6 Å². The molecule has 0 atom stereocenters. The molecule has 1 aliphatic carbocycles. The van der Waals surface area contributed by atoms with Crippen LogP contribution < -0.4 is 0 Å². The average molecular weight is 322 g/mol. The highest BCUT2D eigenvalue weighted by molar-refractivity contribution is 6.55. The molecule has 1 saturated heterocycles. The second-order valence-electron chi connectivity index (χ2n) is 6.69. The molecule has 0 saturated carbocycles. The molecule has 0 amide bonds. The van der Waals surface area contributed by atoms with Crippen LogP contribution in [0.4, 0.5) is 0 Å². The van der Waals surface area contributed by atoms with Gasteiger partial charge in [0.2, 0.25) is 0 Å². The lowest BCUT2D eigenvalue weighted by Crippen LogP contribution is -2.41. The Balaban J connectivity index is 2.25. The molecule has 7 heteroatoms. The molecule has 0 bridgehead atoms. The normalized spacial score (nSPS) is 22.7. The van der Waals surface area contributed by atoms with Crippen LogP contribution in [0.1, 0.15) is 40.5 Å². The maximum Gasteiger partial charge on any atom is 0.490 e. The van der Waals surface area contributed by atoms with Crippen molar-refractivity contribution in [3.63, 3.8) is 0 Å². The standard InChI is InChI=1S/C16H23BO6/c1-15(2)16(3,4)23-17(22-15)10-7-8-11(13(18)20-5)12(9-10)14(19)21-6/h7H,8-9H2,1-6H3. The van der Waals surface area contributed by atoms with Gasteiger partial charge in [0.15, 0.2) is 0 Å². The van der Waals surface area contributed by atoms with E-state index in [1.165, 1.54) is 14.2 Å². The highest BCUT2D eigenvalue weighted by Gasteiger charge is 2.52. The molecule has 2 aliphatic rings. The molecule has 0 aromatic heterocycles. The first-order valence-electron chi connectivity index (χ1n) is 7.56. The summed E-state index contributed by atoms with van der Waals surface area (Å²) in [6.07, 6.45) is 2.39. The first kappa shape index (κ1) is 17.8. The zero-order valence-electron chi connectivity index (χ0n) is 14.5. The Kier molecular flexibility index (Phi) is 4.73. The summed E-state index contributed by atoms with van der Waals surface area (Å²) in [6, 6.07) is 0. The van der Waals surface area contributed by atoms with E-state index in [4.69, 9.17) is 18.8 Å². The topological polar surface area (TPSA) is 71.1 Å². The van der Waals surface area contributed by atoms with E-state index in [0.717, 1.165) is 5.47 Å². The maximum atomic E-state index is 12.0. The first-order chi connectivity index (χ1) is 10.6. The van der Waals surface area contributed by atoms with Crippen molar-refractivity contribution in [2.75, 3.05) is 14.2 Å². The third-order valence-corrected chi connectivity index (χ3v) is 4.73. The van der Waals surface area contributed by atoms with Crippen LogP contribution in [0.3, 0.4) is 0 Å². The first-order valence-corrected chi connectivity index (χ1v) is 7.56. The molecule has 1 heterocycles. The highest BCUT2D eigenvalue weighted by atomic mass is 16.7. The maximum absolute atomic E-state index is 12.0. The lowest BCUT2D eigenvalue weighted by molar-refractivity contribution is -0.139. The molecule has 0 spiro atoms. The van der Waals surface area contributed by atoms with E-state index in [1.807, 2.05) is 33.8 Å². The van der Waals surface area contributed by atoms with Crippen molar-refractivity contribution >= 4 is 19.1 Å². The Bertz CT molecular complexity index is 571. The fraction of sp³-hybridized carbons (Fsp3) is 0.625. The average Bonchev–Trinajstić information content (AvgIpc) is 2.73. The van der Waals surface area contributed by atoms with Crippen molar-refractivity contribution in [2.45, 2.75) is 51.7 Å². The zero-order chi connectivity index (χ0) is 17.4. The molecule has 2 rings (SSSR count). The van der Waals surface area contributed by atoms with Gasteiger partial charge in [-0.1, -0.05) is 6.08 Å². The molecular formula is C16H23BO6. The van der Waals surface area contributed by atoms with Crippen LogP contribution >= 0.6 is 0 Å². The van der Waals surface area contributed by atoms with Crippen molar-refractivity contribution in [2.24, 2.45) is 0 Å². The van der Waals surface area contributed by atoms with E-state index in [-0.39, 0.29) is 12.8 Å². The van der Waals surface area contributed by atoms with Gasteiger partial charge < -0.3 is 18.8 Å². The predicted molar refractivity (Wildman–Crippen MR) is 84.5 cm³/mol. The minimum Gasteiger partial charge on any atom is -0.466 e. The molecule has 1 fully saturated rings. The van der Waals surface area contributed by atoms with Crippen LogP contribution in [0, 0.1) is 0 Å². The summed E-state index contributed by atoms with van der Waals surface area (Å²) in [5.74, 6) is -1.05. The number of hydrogen-bond acceptors (Lipinski definition) is 6. The fourth-order valence-corrected chi connectivity index (χ4v) is 2.56. The summed E-state index contributed by atoms with van der Waals surface area (Å²) in [7, 11) is 2.04. The van der Waals surface area contributed by atoms with Crippen LogP contribution in [0.5, 0.6) is 0 Å². The van der Waals surface area contributed by atoms with Crippen LogP contribution in [0.15, 0.2) is 22.7 Å². The molecule has 0 N–H and O–H groups in total. The molecule has 0 radical (unpaired) electrons. The third kappa shape index (κ3) is 3.21. The minimum absolute atomic E-state index is 0.244. The molecular weight excluding hydrogens is 299 g/mol. The van der Waals surface area contributed by atoms with E-state index in [9.17, 15) is 9.59 Å². The summed E-state index contributed by atoms with van der Waals surface area (Å²) in [5.41, 5.74) is 0.509. The van der Waals surface area contributed by atoms with Gasteiger partial charge >= 0.3 is 19.1 Å². The number of esters is 2. The summed E-state index contributed by atoms with van der Waals surface area (Å²) in [5, 5.41) is 0. The summed E-state index contributed by atoms with van der Waals surface area (Å²) < 4.78 is 21.6. The molecule has 0 unspecified atom stereocenters. The Morgan fingerprint density at radius 2 is 1.48 bits per heavy atom. The summed E-state index contributed by atoms with van der Waals surface area (Å²) >= 11 is 0. The van der Waals surface area contributed by atoms with Gasteiger partial charge in [-0.05, 0) is 46.0 Å². The van der Waals surface area contributed by atoms with Crippen molar-refractivity contribution < 1.29 is 28.4 Å². The number of hydrogen-bond donors (Lipinski definition) is 0. The SMILES string of the molecule is COC(=O)C1=C(C(=O)OC)CC(B2OC(C)(C)C(C)(C)O2)=CC1. The smallest absolute Gasteiger partial charge is 0.466 e. The van der Waals surface area contributed by atoms with E-state index in [1.54, 1.807) is 0 Å². The Morgan fingerprint density at radius 3 is 1.96 bits per heavy atom. The van der Waals surface area contributed by atoms with E-state index in [2.05, 4.69) is 0 Å². The molecule has 1 aliphatic heterocycles. The molecule has 6 nitrogen and oxygen atoms in total. The number of carbonyl (C=O) groups excluding carboxylic acids is 2. The lowest BCUT2D eigenvalue weighted by Gasteiger charge is -2.32. The van der Waals surface area contributed by atoms with Crippen LogP contribution in [0.2, 0.25) is 0 Å². The third-order valence-electron chi connectivity index (χ3n) is 4.73. The minimum atomic E-state index is -0.543. The Hall–Kier alpha value is -1.60. The fourth-order valence-electron chi connectivity index (χ4n) is 2.56. The van der Waals surface area contributed by atoms with Crippen LogP contribution in [-0.4, -0.2) is 44.5 Å². The summed E-state index contributed by atoms with van der Waals surface area (Å²) in [6.45, 7) is 7.86. The predicted octanol–water partition coefficient (Wildman–Crippen LogP) is 1.98. The number of allylic oxidation sites excluding steroid dienone is 2. The number of methoxy groups -OCH3 is 2. The van der Waals surface area contributed by atoms with Gasteiger partial charge in [0, 0.05) is 0 Å². The van der Waals surface area contributed by atoms with E-state index < -0.39 is 30.3 Å². The molecule has 126 valence electrons. The molecule has 23 heavy (non-hydrogen) atoms. The quantitative estimate of drug-likeness (QED) is 0.584. The largest absolute Gasteiger partial charge is 0.490 e. The monoisotopic (exact) mass is 322 g/mol. The van der Waals surface area contributed by atoms with Crippen molar-refractivity contribution in [1.82, 2.24) is 0 Å². The van der Waals surface area contributed by atoms with Gasteiger partial charge in [-0.15, -0.1) is 0 Å². The van der Waals surface area contributed by atoms with Gasteiger partial charge in [0.25, 0.3) is 0 Å². The molecule has 0 aromatic rings.